The Hall–Kier alpha value is -3.00. The lowest BCUT2D eigenvalue weighted by atomic mass is 10.2. The fraction of sp³-hybridized carbons (Fsp3) is 0.176. The number of carbonyl (C=O) groups is 1. The average Bonchev–Trinajstić information content (AvgIpc) is 3.20. The van der Waals surface area contributed by atoms with Gasteiger partial charge in [-0.2, -0.15) is 5.01 Å². The molecule has 1 atom stereocenters. The molecule has 132 valence electrons. The van der Waals surface area contributed by atoms with Crippen LogP contribution in [0.4, 0.5) is 4.39 Å². The Labute approximate surface area is 152 Å². The summed E-state index contributed by atoms with van der Waals surface area (Å²) in [5.41, 5.74) is 1.53. The van der Waals surface area contributed by atoms with Crippen molar-refractivity contribution in [2.75, 3.05) is 0 Å². The van der Waals surface area contributed by atoms with Gasteiger partial charge in [-0.15, -0.1) is 10.2 Å². The van der Waals surface area contributed by atoms with Crippen LogP contribution < -0.4 is 0 Å². The van der Waals surface area contributed by atoms with Crippen LogP contribution in [0.3, 0.4) is 0 Å². The third-order valence-corrected chi connectivity index (χ3v) is 4.28. The van der Waals surface area contributed by atoms with E-state index in [9.17, 15) is 9.18 Å². The normalized spacial score (nSPS) is 16.7. The Kier molecular flexibility index (Phi) is 4.04. The smallest absolute Gasteiger partial charge is 0.245 e. The predicted octanol–water partition coefficient (Wildman–Crippen LogP) is 2.79. The molecule has 0 aliphatic carbocycles. The lowest BCUT2D eigenvalue weighted by molar-refractivity contribution is -0.135. The van der Waals surface area contributed by atoms with Crippen molar-refractivity contribution in [2.24, 2.45) is 5.10 Å². The lowest BCUT2D eigenvalue weighted by Crippen LogP contribution is -2.36. The number of hydrazone groups is 1. The van der Waals surface area contributed by atoms with Crippen molar-refractivity contribution in [1.82, 2.24) is 20.0 Å². The molecule has 4 rings (SSSR count). The van der Waals surface area contributed by atoms with E-state index in [0.717, 1.165) is 16.0 Å². The van der Waals surface area contributed by atoms with Gasteiger partial charge in [0, 0.05) is 6.92 Å². The number of amides is 1. The number of hydrogen-bond donors (Lipinski definition) is 0. The molecule has 1 aromatic heterocycles. The van der Waals surface area contributed by atoms with Gasteiger partial charge in [0.1, 0.15) is 17.9 Å². The molecule has 1 amide bonds. The number of hydrogen-bond acceptors (Lipinski definition) is 5. The van der Waals surface area contributed by atoms with Gasteiger partial charge < -0.3 is 4.74 Å². The lowest BCUT2D eigenvalue weighted by Gasteiger charge is -2.19. The van der Waals surface area contributed by atoms with Crippen LogP contribution in [-0.4, -0.2) is 38.0 Å². The van der Waals surface area contributed by atoms with Gasteiger partial charge in [-0.05, 0) is 24.3 Å². The molecule has 0 N–H and O–H groups in total. The summed E-state index contributed by atoms with van der Waals surface area (Å²) >= 11 is 6.07. The van der Waals surface area contributed by atoms with Crippen LogP contribution in [0.1, 0.15) is 12.5 Å². The molecule has 26 heavy (non-hydrogen) atoms. The first kappa shape index (κ1) is 16.5. The Morgan fingerprint density at radius 1 is 1.27 bits per heavy atom. The fourth-order valence-corrected chi connectivity index (χ4v) is 3.01. The monoisotopic (exact) mass is 373 g/mol. The van der Waals surface area contributed by atoms with E-state index in [-0.39, 0.29) is 28.9 Å². The van der Waals surface area contributed by atoms with Crippen LogP contribution in [0, 0.1) is 5.82 Å². The fourth-order valence-electron chi connectivity index (χ4n) is 2.76. The van der Waals surface area contributed by atoms with E-state index in [1.807, 2.05) is 24.3 Å². The van der Waals surface area contributed by atoms with Gasteiger partial charge in [-0.25, -0.2) is 9.07 Å². The van der Waals surface area contributed by atoms with E-state index in [1.165, 1.54) is 25.1 Å². The van der Waals surface area contributed by atoms with Gasteiger partial charge in [0.2, 0.25) is 18.0 Å². The second-order valence-electron chi connectivity index (χ2n) is 5.70. The van der Waals surface area contributed by atoms with Gasteiger partial charge in [-0.3, -0.25) is 4.79 Å². The molecule has 0 radical (unpaired) electrons. The SMILES string of the molecule is CC(=O)N1N=C(c2c(F)cccc2Cl)OC1Cn1nnc2ccccc21. The van der Waals surface area contributed by atoms with Gasteiger partial charge in [0.05, 0.1) is 16.1 Å². The molecule has 2 aromatic carbocycles. The Balaban J connectivity index is 1.67. The maximum atomic E-state index is 14.2. The number of aromatic nitrogens is 3. The molecular formula is C17H13ClFN5O2. The van der Waals surface area contributed by atoms with Gasteiger partial charge in [-0.1, -0.05) is 35.0 Å². The summed E-state index contributed by atoms with van der Waals surface area (Å²) in [6.07, 6.45) is -0.789. The maximum absolute atomic E-state index is 14.2. The van der Waals surface area contributed by atoms with Crippen molar-refractivity contribution < 1.29 is 13.9 Å². The van der Waals surface area contributed by atoms with Gasteiger partial charge >= 0.3 is 0 Å². The molecular weight excluding hydrogens is 361 g/mol. The second-order valence-corrected chi connectivity index (χ2v) is 6.11. The van der Waals surface area contributed by atoms with E-state index in [1.54, 1.807) is 4.68 Å². The molecule has 0 bridgehead atoms. The van der Waals surface area contributed by atoms with Crippen molar-refractivity contribution in [3.63, 3.8) is 0 Å². The van der Waals surface area contributed by atoms with Crippen LogP contribution >= 0.6 is 11.6 Å². The van der Waals surface area contributed by atoms with E-state index >= 15 is 0 Å². The molecule has 0 fully saturated rings. The number of carbonyl (C=O) groups excluding carboxylic acids is 1. The number of para-hydroxylation sites is 1. The van der Waals surface area contributed by atoms with Gasteiger partial charge in [0.25, 0.3) is 0 Å². The zero-order valence-electron chi connectivity index (χ0n) is 13.6. The summed E-state index contributed by atoms with van der Waals surface area (Å²) in [5.74, 6) is -0.966. The summed E-state index contributed by atoms with van der Waals surface area (Å²) < 4.78 is 21.5. The van der Waals surface area contributed by atoms with Crippen LogP contribution in [0.25, 0.3) is 11.0 Å². The molecule has 0 spiro atoms. The number of fused-ring (bicyclic) bond motifs is 1. The van der Waals surface area contributed by atoms with Crippen molar-refractivity contribution in [2.45, 2.75) is 19.7 Å². The zero-order chi connectivity index (χ0) is 18.3. The molecule has 1 aliphatic heterocycles. The molecule has 0 saturated carbocycles. The minimum absolute atomic E-state index is 0.0198. The highest BCUT2D eigenvalue weighted by molar-refractivity contribution is 6.33. The predicted molar refractivity (Wildman–Crippen MR) is 92.9 cm³/mol. The molecule has 1 aliphatic rings. The Bertz CT molecular complexity index is 1010. The highest BCUT2D eigenvalue weighted by Gasteiger charge is 2.34. The van der Waals surface area contributed by atoms with E-state index in [2.05, 4.69) is 15.4 Å². The zero-order valence-corrected chi connectivity index (χ0v) is 14.4. The van der Waals surface area contributed by atoms with Crippen LogP contribution in [-0.2, 0) is 16.1 Å². The van der Waals surface area contributed by atoms with Crippen molar-refractivity contribution in [1.29, 1.82) is 0 Å². The highest BCUT2D eigenvalue weighted by atomic mass is 35.5. The van der Waals surface area contributed by atoms with Gasteiger partial charge in [0.15, 0.2) is 0 Å². The third-order valence-electron chi connectivity index (χ3n) is 3.97. The standard InChI is InChI=1S/C17H13ClFN5O2/c1-10(25)24-15(9-23-14-8-3-2-7-13(14)20-22-23)26-17(21-24)16-11(18)5-4-6-12(16)19/h2-8,15H,9H2,1H3. The average molecular weight is 374 g/mol. The molecule has 2 heterocycles. The third kappa shape index (κ3) is 2.78. The summed E-state index contributed by atoms with van der Waals surface area (Å²) in [6.45, 7) is 1.53. The molecule has 1 unspecified atom stereocenters. The quantitative estimate of drug-likeness (QED) is 0.707. The van der Waals surface area contributed by atoms with Crippen LogP contribution in [0.2, 0.25) is 5.02 Å². The Morgan fingerprint density at radius 3 is 2.85 bits per heavy atom. The largest absolute Gasteiger partial charge is 0.448 e. The number of halogens is 2. The first-order valence-electron chi connectivity index (χ1n) is 7.82. The Morgan fingerprint density at radius 2 is 2.08 bits per heavy atom. The topological polar surface area (TPSA) is 72.6 Å². The van der Waals surface area contributed by atoms with Crippen molar-refractivity contribution in [3.05, 3.63) is 58.9 Å². The molecule has 3 aromatic rings. The number of benzene rings is 2. The van der Waals surface area contributed by atoms with Crippen molar-refractivity contribution >= 4 is 34.4 Å². The van der Waals surface area contributed by atoms with Crippen LogP contribution in [0.15, 0.2) is 47.6 Å². The maximum Gasteiger partial charge on any atom is 0.245 e. The summed E-state index contributed by atoms with van der Waals surface area (Å²) in [5, 5.41) is 13.6. The summed E-state index contributed by atoms with van der Waals surface area (Å²) in [6, 6.07) is 11.7. The van der Waals surface area contributed by atoms with E-state index < -0.39 is 12.0 Å². The number of nitrogens with zero attached hydrogens (tertiary/aromatic N) is 5. The minimum atomic E-state index is -0.789. The molecule has 0 saturated heterocycles. The first-order valence-corrected chi connectivity index (χ1v) is 8.20. The first-order chi connectivity index (χ1) is 12.5. The van der Waals surface area contributed by atoms with E-state index in [0.29, 0.717) is 0 Å². The van der Waals surface area contributed by atoms with Crippen molar-refractivity contribution in [3.8, 4) is 0 Å². The summed E-state index contributed by atoms with van der Waals surface area (Å²) in [7, 11) is 0. The number of rotatable bonds is 3. The second kappa shape index (κ2) is 6.38. The molecule has 9 heteroatoms. The van der Waals surface area contributed by atoms with Crippen LogP contribution in [0.5, 0.6) is 0 Å². The van der Waals surface area contributed by atoms with E-state index in [4.69, 9.17) is 16.3 Å². The molecule has 7 nitrogen and oxygen atoms in total. The number of ether oxygens (including phenoxy) is 1. The minimum Gasteiger partial charge on any atom is -0.448 e. The highest BCUT2D eigenvalue weighted by Crippen LogP contribution is 2.26. The summed E-state index contributed by atoms with van der Waals surface area (Å²) in [4.78, 5) is 12.0.